The second kappa shape index (κ2) is 7.25. The molecule has 25 heavy (non-hydrogen) atoms. The molecule has 0 aliphatic rings. The van der Waals surface area contributed by atoms with Crippen LogP contribution in [0, 0.1) is 0 Å². The molecule has 0 aromatic heterocycles. The van der Waals surface area contributed by atoms with Crippen LogP contribution in [0.3, 0.4) is 0 Å². The third-order valence-corrected chi connectivity index (χ3v) is 5.65. The molecule has 0 bridgehead atoms. The number of hydrogen-bond donors (Lipinski definition) is 1. The van der Waals surface area contributed by atoms with Crippen molar-refractivity contribution in [3.8, 4) is 0 Å². The summed E-state index contributed by atoms with van der Waals surface area (Å²) in [5, 5.41) is 1.95. The summed E-state index contributed by atoms with van der Waals surface area (Å²) in [6.07, 6.45) is 0.653. The van der Waals surface area contributed by atoms with Crippen molar-refractivity contribution in [2.24, 2.45) is 0 Å². The van der Waals surface area contributed by atoms with Gasteiger partial charge >= 0.3 is 0 Å². The molecule has 5 heteroatoms. The first-order valence-electron chi connectivity index (χ1n) is 8.20. The topological polar surface area (TPSA) is 49.4 Å². The van der Waals surface area contributed by atoms with Gasteiger partial charge in [0.1, 0.15) is 0 Å². The second-order valence-electron chi connectivity index (χ2n) is 6.22. The lowest BCUT2D eigenvalue weighted by Crippen LogP contribution is -2.26. The van der Waals surface area contributed by atoms with Crippen molar-refractivity contribution in [3.63, 3.8) is 0 Å². The molecule has 1 N–H and O–H groups in total. The van der Waals surface area contributed by atoms with Crippen LogP contribution in [0.5, 0.6) is 0 Å². The van der Waals surface area contributed by atoms with E-state index in [1.165, 1.54) is 0 Å². The molecule has 0 aliphatic heterocycles. The molecule has 0 atom stereocenters. The lowest BCUT2D eigenvalue weighted by molar-refractivity contribution is 0.582. The van der Waals surface area contributed by atoms with Gasteiger partial charge in [0.2, 0.25) is 10.0 Å². The normalized spacial score (nSPS) is 11.6. The van der Waals surface area contributed by atoms with Gasteiger partial charge in [-0.2, -0.15) is 0 Å². The van der Waals surface area contributed by atoms with Gasteiger partial charge in [0, 0.05) is 26.3 Å². The van der Waals surface area contributed by atoms with Crippen LogP contribution in [0.1, 0.15) is 5.56 Å². The number of sulfonamides is 1. The number of anilines is 1. The molecule has 0 heterocycles. The summed E-state index contributed by atoms with van der Waals surface area (Å²) in [7, 11) is 0.484. The number of nitrogens with zero attached hydrogens (tertiary/aromatic N) is 1. The Morgan fingerprint density at radius 2 is 1.56 bits per heavy atom. The Labute approximate surface area is 149 Å². The lowest BCUT2D eigenvalue weighted by atomic mass is 10.1. The summed E-state index contributed by atoms with van der Waals surface area (Å²) in [6.45, 7) is 0.371. The maximum Gasteiger partial charge on any atom is 0.240 e. The van der Waals surface area contributed by atoms with E-state index in [0.717, 1.165) is 22.0 Å². The Bertz CT molecular complexity index is 964. The number of rotatable bonds is 6. The number of fused-ring (bicyclic) bond motifs is 1. The Morgan fingerprint density at radius 3 is 2.24 bits per heavy atom. The van der Waals surface area contributed by atoms with E-state index in [-0.39, 0.29) is 0 Å². The van der Waals surface area contributed by atoms with Crippen molar-refractivity contribution in [3.05, 3.63) is 72.3 Å². The van der Waals surface area contributed by atoms with Crippen LogP contribution >= 0.6 is 0 Å². The third kappa shape index (κ3) is 4.18. The SMILES string of the molecule is CN(C)c1ccc(CCNS(=O)(=O)c2ccc3ccccc3c2)cc1. The van der Waals surface area contributed by atoms with Crippen molar-refractivity contribution in [1.29, 1.82) is 0 Å². The summed E-state index contributed by atoms with van der Waals surface area (Å²) in [6, 6.07) is 21.1. The molecule has 3 rings (SSSR count). The molecule has 3 aromatic carbocycles. The van der Waals surface area contributed by atoms with E-state index in [9.17, 15) is 8.42 Å². The van der Waals surface area contributed by atoms with E-state index in [1.54, 1.807) is 12.1 Å². The highest BCUT2D eigenvalue weighted by atomic mass is 32.2. The third-order valence-electron chi connectivity index (χ3n) is 4.19. The summed E-state index contributed by atoms with van der Waals surface area (Å²) in [4.78, 5) is 2.33. The predicted molar refractivity (Wildman–Crippen MR) is 104 cm³/mol. The minimum absolute atomic E-state index is 0.300. The first kappa shape index (κ1) is 17.5. The second-order valence-corrected chi connectivity index (χ2v) is 7.98. The van der Waals surface area contributed by atoms with Crippen LogP contribution in [0.4, 0.5) is 5.69 Å². The average molecular weight is 354 g/mol. The molecular weight excluding hydrogens is 332 g/mol. The van der Waals surface area contributed by atoms with Crippen LogP contribution in [-0.2, 0) is 16.4 Å². The van der Waals surface area contributed by atoms with E-state index >= 15 is 0 Å². The summed E-state index contributed by atoms with van der Waals surface area (Å²) >= 11 is 0. The highest BCUT2D eigenvalue weighted by Gasteiger charge is 2.13. The van der Waals surface area contributed by atoms with Gasteiger partial charge in [-0.3, -0.25) is 0 Å². The fourth-order valence-corrected chi connectivity index (χ4v) is 3.78. The van der Waals surface area contributed by atoms with Gasteiger partial charge in [-0.05, 0) is 47.0 Å². The fourth-order valence-electron chi connectivity index (χ4n) is 2.71. The molecule has 0 radical (unpaired) electrons. The summed E-state index contributed by atoms with van der Waals surface area (Å²) < 4.78 is 27.7. The zero-order chi connectivity index (χ0) is 17.9. The maximum atomic E-state index is 12.5. The molecule has 0 saturated carbocycles. The van der Waals surface area contributed by atoms with Crippen LogP contribution in [0.25, 0.3) is 10.8 Å². The Hall–Kier alpha value is -2.37. The smallest absolute Gasteiger partial charge is 0.240 e. The fraction of sp³-hybridized carbons (Fsp3) is 0.200. The molecule has 0 fully saturated rings. The Kier molecular flexibility index (Phi) is 5.06. The van der Waals surface area contributed by atoms with Gasteiger partial charge < -0.3 is 4.90 Å². The van der Waals surface area contributed by atoms with Gasteiger partial charge in [-0.15, -0.1) is 0 Å². The molecule has 130 valence electrons. The zero-order valence-electron chi connectivity index (χ0n) is 14.4. The van der Waals surface area contributed by atoms with Gasteiger partial charge in [-0.25, -0.2) is 13.1 Å². The molecule has 0 saturated heterocycles. The molecule has 3 aromatic rings. The average Bonchev–Trinajstić information content (AvgIpc) is 2.61. The highest BCUT2D eigenvalue weighted by Crippen LogP contribution is 2.19. The van der Waals surface area contributed by atoms with E-state index in [4.69, 9.17) is 0 Å². The lowest BCUT2D eigenvalue weighted by Gasteiger charge is -2.13. The van der Waals surface area contributed by atoms with Gasteiger partial charge in [-0.1, -0.05) is 42.5 Å². The number of hydrogen-bond acceptors (Lipinski definition) is 3. The van der Waals surface area contributed by atoms with Crippen LogP contribution in [0.15, 0.2) is 71.6 Å². The monoisotopic (exact) mass is 354 g/mol. The largest absolute Gasteiger partial charge is 0.378 e. The summed E-state index contributed by atoms with van der Waals surface area (Å²) in [5.74, 6) is 0. The van der Waals surface area contributed by atoms with Gasteiger partial charge in [0.15, 0.2) is 0 Å². The van der Waals surface area contributed by atoms with Crippen molar-refractivity contribution in [1.82, 2.24) is 4.72 Å². The molecule has 0 spiro atoms. The predicted octanol–water partition coefficient (Wildman–Crippen LogP) is 3.43. The zero-order valence-corrected chi connectivity index (χ0v) is 15.3. The van der Waals surface area contributed by atoms with Crippen LogP contribution < -0.4 is 9.62 Å². The van der Waals surface area contributed by atoms with E-state index in [0.29, 0.717) is 17.9 Å². The van der Waals surface area contributed by atoms with E-state index in [2.05, 4.69) is 4.72 Å². The molecule has 0 unspecified atom stereocenters. The van der Waals surface area contributed by atoms with Gasteiger partial charge in [0.05, 0.1) is 4.90 Å². The highest BCUT2D eigenvalue weighted by molar-refractivity contribution is 7.89. The Morgan fingerprint density at radius 1 is 0.880 bits per heavy atom. The maximum absolute atomic E-state index is 12.5. The van der Waals surface area contributed by atoms with Crippen LogP contribution in [-0.4, -0.2) is 29.1 Å². The minimum Gasteiger partial charge on any atom is -0.378 e. The standard InChI is InChI=1S/C20H22N2O2S/c1-22(2)19-10-7-16(8-11-19)13-14-21-25(23,24)20-12-9-17-5-3-4-6-18(17)15-20/h3-12,15,21H,13-14H2,1-2H3. The Balaban J connectivity index is 1.66. The molecule has 0 amide bonds. The van der Waals surface area contributed by atoms with Crippen molar-refractivity contribution in [2.75, 3.05) is 25.5 Å². The minimum atomic E-state index is -3.50. The van der Waals surface area contributed by atoms with Crippen molar-refractivity contribution in [2.45, 2.75) is 11.3 Å². The van der Waals surface area contributed by atoms with Gasteiger partial charge in [0.25, 0.3) is 0 Å². The molecule has 4 nitrogen and oxygen atoms in total. The first-order valence-corrected chi connectivity index (χ1v) is 9.69. The van der Waals surface area contributed by atoms with E-state index in [1.807, 2.05) is 73.6 Å². The number of nitrogens with one attached hydrogen (secondary N) is 1. The van der Waals surface area contributed by atoms with E-state index < -0.39 is 10.0 Å². The first-order chi connectivity index (χ1) is 12.0. The van der Waals surface area contributed by atoms with Crippen molar-refractivity contribution >= 4 is 26.5 Å². The van der Waals surface area contributed by atoms with Crippen molar-refractivity contribution < 1.29 is 8.42 Å². The number of benzene rings is 3. The summed E-state index contributed by atoms with van der Waals surface area (Å²) in [5.41, 5.74) is 2.23. The molecule has 0 aliphatic carbocycles. The quantitative estimate of drug-likeness (QED) is 0.738. The van der Waals surface area contributed by atoms with Crippen LogP contribution in [0.2, 0.25) is 0 Å². The molecular formula is C20H22N2O2S.